The minimum atomic E-state index is -0.129. The highest BCUT2D eigenvalue weighted by Crippen LogP contribution is 2.20. The first kappa shape index (κ1) is 20.9. The van der Waals surface area contributed by atoms with E-state index in [0.29, 0.717) is 35.1 Å². The first-order valence-corrected chi connectivity index (χ1v) is 10.1. The largest absolute Gasteiger partial charge is 0.351 e. The van der Waals surface area contributed by atoms with Crippen LogP contribution in [0.3, 0.4) is 0 Å². The standard InChI is InChI=1S/C22H25ClN4O2/c1-15-10-11-17(14-18(15)23)26-20(28)9-4-3-6-12-24-22(29)21-16(2)25-19-8-5-7-13-27(19)21/h5,7-8,10-11,13-14H,3-4,6,9,12H2,1-2H3,(H,24,29)(H,26,28). The van der Waals surface area contributed by atoms with E-state index in [2.05, 4.69) is 15.6 Å². The van der Waals surface area contributed by atoms with Crippen LogP contribution in [-0.2, 0) is 4.79 Å². The summed E-state index contributed by atoms with van der Waals surface area (Å²) in [4.78, 5) is 28.9. The Bertz CT molecular complexity index is 1030. The van der Waals surface area contributed by atoms with Gasteiger partial charge in [0.05, 0.1) is 5.69 Å². The molecule has 0 saturated carbocycles. The van der Waals surface area contributed by atoms with Crippen molar-refractivity contribution < 1.29 is 9.59 Å². The van der Waals surface area contributed by atoms with Gasteiger partial charge in [-0.05, 0) is 56.5 Å². The molecular weight excluding hydrogens is 388 g/mol. The Balaban J connectivity index is 1.37. The summed E-state index contributed by atoms with van der Waals surface area (Å²) < 4.78 is 1.80. The number of carbonyl (C=O) groups excluding carboxylic acids is 2. The SMILES string of the molecule is Cc1ccc(NC(=O)CCCCCNC(=O)c2c(C)nc3ccccn23)cc1Cl. The quantitative estimate of drug-likeness (QED) is 0.533. The second-order valence-electron chi connectivity index (χ2n) is 7.05. The number of rotatable bonds is 8. The van der Waals surface area contributed by atoms with E-state index >= 15 is 0 Å². The van der Waals surface area contributed by atoms with Gasteiger partial charge in [0.2, 0.25) is 5.91 Å². The van der Waals surface area contributed by atoms with Crippen LogP contribution in [0.15, 0.2) is 42.6 Å². The fraction of sp³-hybridized carbons (Fsp3) is 0.318. The van der Waals surface area contributed by atoms with Gasteiger partial charge in [-0.15, -0.1) is 0 Å². The van der Waals surface area contributed by atoms with Crippen LogP contribution in [0.5, 0.6) is 0 Å². The highest BCUT2D eigenvalue weighted by molar-refractivity contribution is 6.31. The molecule has 152 valence electrons. The summed E-state index contributed by atoms with van der Waals surface area (Å²) in [6.07, 6.45) is 4.70. The zero-order chi connectivity index (χ0) is 20.8. The number of nitrogens with zero attached hydrogens (tertiary/aromatic N) is 2. The first-order chi connectivity index (χ1) is 14.0. The van der Waals surface area contributed by atoms with E-state index < -0.39 is 0 Å². The van der Waals surface area contributed by atoms with Crippen LogP contribution < -0.4 is 10.6 Å². The van der Waals surface area contributed by atoms with Crippen molar-refractivity contribution in [2.45, 2.75) is 39.5 Å². The van der Waals surface area contributed by atoms with E-state index in [1.54, 1.807) is 10.5 Å². The number of imidazole rings is 1. The molecular formula is C22H25ClN4O2. The summed E-state index contributed by atoms with van der Waals surface area (Å²) in [5.41, 5.74) is 3.72. The van der Waals surface area contributed by atoms with Crippen molar-refractivity contribution >= 4 is 34.7 Å². The highest BCUT2D eigenvalue weighted by atomic mass is 35.5. The number of aryl methyl sites for hydroxylation is 2. The number of carbonyl (C=O) groups is 2. The number of pyridine rings is 1. The number of benzene rings is 1. The number of fused-ring (bicyclic) bond motifs is 1. The molecule has 2 heterocycles. The van der Waals surface area contributed by atoms with Crippen molar-refractivity contribution in [3.05, 3.63) is 64.6 Å². The molecule has 0 atom stereocenters. The van der Waals surface area contributed by atoms with Gasteiger partial charge in [-0.1, -0.05) is 30.2 Å². The molecule has 29 heavy (non-hydrogen) atoms. The number of anilines is 1. The minimum Gasteiger partial charge on any atom is -0.351 e. The van der Waals surface area contributed by atoms with Gasteiger partial charge in [0.1, 0.15) is 11.3 Å². The van der Waals surface area contributed by atoms with Crippen molar-refractivity contribution in [2.24, 2.45) is 0 Å². The smallest absolute Gasteiger partial charge is 0.270 e. The molecule has 1 aromatic carbocycles. The fourth-order valence-electron chi connectivity index (χ4n) is 3.15. The molecule has 0 bridgehead atoms. The molecule has 2 aromatic heterocycles. The van der Waals surface area contributed by atoms with Gasteiger partial charge >= 0.3 is 0 Å². The van der Waals surface area contributed by atoms with Gasteiger partial charge in [-0.25, -0.2) is 4.98 Å². The molecule has 2 amide bonds. The van der Waals surface area contributed by atoms with Gasteiger partial charge in [0.25, 0.3) is 5.91 Å². The van der Waals surface area contributed by atoms with Crippen LogP contribution in [-0.4, -0.2) is 27.7 Å². The zero-order valence-electron chi connectivity index (χ0n) is 16.7. The maximum atomic E-state index is 12.5. The minimum absolute atomic E-state index is 0.0321. The molecule has 6 nitrogen and oxygen atoms in total. The van der Waals surface area contributed by atoms with Crippen LogP contribution in [0.25, 0.3) is 5.65 Å². The Labute approximate surface area is 175 Å². The summed E-state index contributed by atoms with van der Waals surface area (Å²) >= 11 is 6.07. The number of hydrogen-bond acceptors (Lipinski definition) is 3. The lowest BCUT2D eigenvalue weighted by atomic mass is 10.1. The Kier molecular flexibility index (Phi) is 6.88. The van der Waals surface area contributed by atoms with Gasteiger partial charge in [0.15, 0.2) is 0 Å². The second-order valence-corrected chi connectivity index (χ2v) is 7.46. The molecule has 0 saturated heterocycles. The first-order valence-electron chi connectivity index (χ1n) is 9.73. The average Bonchev–Trinajstić information content (AvgIpc) is 3.03. The van der Waals surface area contributed by atoms with Crippen LogP contribution in [0.4, 0.5) is 5.69 Å². The van der Waals surface area contributed by atoms with Crippen LogP contribution in [0.2, 0.25) is 5.02 Å². The van der Waals surface area contributed by atoms with Crippen LogP contribution in [0.1, 0.15) is 47.4 Å². The monoisotopic (exact) mass is 412 g/mol. The molecule has 0 fully saturated rings. The summed E-state index contributed by atoms with van der Waals surface area (Å²) in [5.74, 6) is -0.162. The molecule has 7 heteroatoms. The van der Waals surface area contributed by atoms with Crippen LogP contribution >= 0.6 is 11.6 Å². The van der Waals surface area contributed by atoms with Gasteiger partial charge < -0.3 is 10.6 Å². The molecule has 0 aliphatic carbocycles. The van der Waals surface area contributed by atoms with Crippen molar-refractivity contribution in [2.75, 3.05) is 11.9 Å². The Morgan fingerprint density at radius 1 is 1.10 bits per heavy atom. The van der Waals surface area contributed by atoms with Crippen molar-refractivity contribution in [3.63, 3.8) is 0 Å². The van der Waals surface area contributed by atoms with E-state index in [1.807, 2.05) is 50.4 Å². The molecule has 3 rings (SSSR count). The van der Waals surface area contributed by atoms with Crippen molar-refractivity contribution in [1.29, 1.82) is 0 Å². The number of aromatic nitrogens is 2. The van der Waals surface area contributed by atoms with Gasteiger partial charge in [-0.2, -0.15) is 0 Å². The van der Waals surface area contributed by atoms with E-state index in [1.165, 1.54) is 0 Å². The van der Waals surface area contributed by atoms with Crippen molar-refractivity contribution in [3.8, 4) is 0 Å². The number of unbranched alkanes of at least 4 members (excludes halogenated alkanes) is 2. The normalized spacial score (nSPS) is 10.9. The Morgan fingerprint density at radius 2 is 1.93 bits per heavy atom. The topological polar surface area (TPSA) is 75.5 Å². The number of hydrogen-bond donors (Lipinski definition) is 2. The van der Waals surface area contributed by atoms with Crippen molar-refractivity contribution in [1.82, 2.24) is 14.7 Å². The number of halogens is 1. The maximum absolute atomic E-state index is 12.5. The number of amides is 2. The third-order valence-corrected chi connectivity index (χ3v) is 5.15. The summed E-state index contributed by atoms with van der Waals surface area (Å²) in [6.45, 7) is 4.32. The van der Waals surface area contributed by atoms with E-state index in [4.69, 9.17) is 11.6 Å². The highest BCUT2D eigenvalue weighted by Gasteiger charge is 2.15. The zero-order valence-corrected chi connectivity index (χ0v) is 17.4. The lowest BCUT2D eigenvalue weighted by Crippen LogP contribution is -2.26. The predicted octanol–water partition coefficient (Wildman–Crippen LogP) is 4.53. The fourth-order valence-corrected chi connectivity index (χ4v) is 3.33. The van der Waals surface area contributed by atoms with Gasteiger partial charge in [0, 0.05) is 29.9 Å². The molecule has 0 aliphatic heterocycles. The lowest BCUT2D eigenvalue weighted by Gasteiger charge is -2.08. The van der Waals surface area contributed by atoms with E-state index in [0.717, 1.165) is 30.5 Å². The third-order valence-electron chi connectivity index (χ3n) is 4.74. The lowest BCUT2D eigenvalue weighted by molar-refractivity contribution is -0.116. The maximum Gasteiger partial charge on any atom is 0.270 e. The average molecular weight is 413 g/mol. The predicted molar refractivity (Wildman–Crippen MR) is 116 cm³/mol. The third kappa shape index (κ3) is 5.35. The van der Waals surface area contributed by atoms with Crippen LogP contribution in [0, 0.1) is 13.8 Å². The molecule has 0 spiro atoms. The molecule has 0 aliphatic rings. The second kappa shape index (κ2) is 9.56. The molecule has 3 aromatic rings. The number of nitrogens with one attached hydrogen (secondary N) is 2. The molecule has 2 N–H and O–H groups in total. The molecule has 0 radical (unpaired) electrons. The Hall–Kier alpha value is -2.86. The summed E-state index contributed by atoms with van der Waals surface area (Å²) in [5, 5.41) is 6.44. The summed E-state index contributed by atoms with van der Waals surface area (Å²) in [6, 6.07) is 11.1. The molecule has 0 unspecified atom stereocenters. The summed E-state index contributed by atoms with van der Waals surface area (Å²) in [7, 11) is 0. The van der Waals surface area contributed by atoms with Gasteiger partial charge in [-0.3, -0.25) is 14.0 Å². The van der Waals surface area contributed by atoms with E-state index in [9.17, 15) is 9.59 Å². The van der Waals surface area contributed by atoms with E-state index in [-0.39, 0.29) is 11.8 Å². The Morgan fingerprint density at radius 3 is 2.72 bits per heavy atom.